The maximum absolute atomic E-state index is 9.17. The summed E-state index contributed by atoms with van der Waals surface area (Å²) in [5.41, 5.74) is 1.41. The first-order valence-electron chi connectivity index (χ1n) is 7.30. The van der Waals surface area contributed by atoms with E-state index in [1.54, 1.807) is 0 Å². The summed E-state index contributed by atoms with van der Waals surface area (Å²) in [7, 11) is 0. The van der Waals surface area contributed by atoms with E-state index in [4.69, 9.17) is 9.47 Å². The molecule has 0 radical (unpaired) electrons. The molecule has 0 aromatic heterocycles. The number of hydrogen-bond acceptors (Lipinski definition) is 3. The standard InChI is InChI=1S/C16H22O3/c17-9-12-1-3-13(4-2-12)14-5-7-15(8-6-14)19-16-10-18-11-16/h5-8,12-13,16-17H,1-4,9-11H2/t12-,13-. The molecule has 2 fully saturated rings. The summed E-state index contributed by atoms with van der Waals surface area (Å²) in [6, 6.07) is 8.54. The van der Waals surface area contributed by atoms with Gasteiger partial charge in [0, 0.05) is 6.61 Å². The second-order valence-electron chi connectivity index (χ2n) is 5.75. The highest BCUT2D eigenvalue weighted by Crippen LogP contribution is 2.36. The van der Waals surface area contributed by atoms with Gasteiger partial charge >= 0.3 is 0 Å². The SMILES string of the molecule is OC[C@H]1CC[C@H](c2ccc(OC3COC3)cc2)CC1. The molecule has 1 aromatic carbocycles. The third kappa shape index (κ3) is 3.10. The largest absolute Gasteiger partial charge is 0.486 e. The average Bonchev–Trinajstić information content (AvgIpc) is 2.44. The van der Waals surface area contributed by atoms with E-state index in [-0.39, 0.29) is 6.10 Å². The van der Waals surface area contributed by atoms with Crippen LogP contribution in [-0.2, 0) is 4.74 Å². The van der Waals surface area contributed by atoms with Crippen molar-refractivity contribution >= 4 is 0 Å². The highest BCUT2D eigenvalue weighted by atomic mass is 16.6. The molecule has 0 amide bonds. The van der Waals surface area contributed by atoms with Crippen molar-refractivity contribution in [2.75, 3.05) is 19.8 Å². The second-order valence-corrected chi connectivity index (χ2v) is 5.75. The third-order valence-corrected chi connectivity index (χ3v) is 4.37. The summed E-state index contributed by atoms with van der Waals surface area (Å²) >= 11 is 0. The van der Waals surface area contributed by atoms with Crippen LogP contribution in [0.15, 0.2) is 24.3 Å². The summed E-state index contributed by atoms with van der Waals surface area (Å²) in [4.78, 5) is 0. The summed E-state index contributed by atoms with van der Waals surface area (Å²) in [6.07, 6.45) is 4.94. The molecule has 3 nitrogen and oxygen atoms in total. The normalized spacial score (nSPS) is 27.8. The van der Waals surface area contributed by atoms with E-state index in [1.807, 2.05) is 0 Å². The maximum atomic E-state index is 9.17. The summed E-state index contributed by atoms with van der Waals surface area (Å²) in [5, 5.41) is 9.17. The van der Waals surface area contributed by atoms with Crippen LogP contribution in [0.1, 0.15) is 37.2 Å². The second kappa shape index (κ2) is 5.93. The first-order valence-corrected chi connectivity index (χ1v) is 7.30. The fourth-order valence-corrected chi connectivity index (χ4v) is 2.97. The summed E-state index contributed by atoms with van der Waals surface area (Å²) < 4.78 is 10.9. The molecule has 0 spiro atoms. The van der Waals surface area contributed by atoms with Crippen LogP contribution in [0, 0.1) is 5.92 Å². The summed E-state index contributed by atoms with van der Waals surface area (Å²) in [6.45, 7) is 1.78. The van der Waals surface area contributed by atoms with Crippen LogP contribution >= 0.6 is 0 Å². The predicted molar refractivity (Wildman–Crippen MR) is 73.5 cm³/mol. The van der Waals surface area contributed by atoms with Crippen molar-refractivity contribution in [2.45, 2.75) is 37.7 Å². The highest BCUT2D eigenvalue weighted by molar-refractivity contribution is 5.30. The van der Waals surface area contributed by atoms with E-state index in [9.17, 15) is 5.11 Å². The molecule has 1 saturated carbocycles. The van der Waals surface area contributed by atoms with Crippen LogP contribution in [0.5, 0.6) is 5.75 Å². The van der Waals surface area contributed by atoms with Gasteiger partial charge in [0.15, 0.2) is 0 Å². The predicted octanol–water partition coefficient (Wildman–Crippen LogP) is 2.73. The van der Waals surface area contributed by atoms with Crippen molar-refractivity contribution < 1.29 is 14.6 Å². The monoisotopic (exact) mass is 262 g/mol. The minimum atomic E-state index is 0.242. The van der Waals surface area contributed by atoms with Gasteiger partial charge in [-0.15, -0.1) is 0 Å². The number of rotatable bonds is 4. The number of aliphatic hydroxyl groups excluding tert-OH is 1. The van der Waals surface area contributed by atoms with E-state index >= 15 is 0 Å². The van der Waals surface area contributed by atoms with Crippen molar-refractivity contribution in [3.05, 3.63) is 29.8 Å². The number of hydrogen-bond donors (Lipinski definition) is 1. The average molecular weight is 262 g/mol. The lowest BCUT2D eigenvalue weighted by Crippen LogP contribution is -2.38. The zero-order valence-electron chi connectivity index (χ0n) is 11.3. The van der Waals surface area contributed by atoms with E-state index in [2.05, 4.69) is 24.3 Å². The molecule has 2 aliphatic rings. The van der Waals surface area contributed by atoms with Crippen LogP contribution in [0.25, 0.3) is 0 Å². The van der Waals surface area contributed by atoms with E-state index in [0.717, 1.165) is 18.6 Å². The Morgan fingerprint density at radius 3 is 2.26 bits per heavy atom. The first-order chi connectivity index (χ1) is 9.35. The van der Waals surface area contributed by atoms with Crippen LogP contribution < -0.4 is 4.74 Å². The van der Waals surface area contributed by atoms with Crippen molar-refractivity contribution in [2.24, 2.45) is 5.92 Å². The van der Waals surface area contributed by atoms with Crippen LogP contribution in [-0.4, -0.2) is 31.0 Å². The Balaban J connectivity index is 1.56. The van der Waals surface area contributed by atoms with Gasteiger partial charge in [-0.05, 0) is 55.2 Å². The lowest BCUT2D eigenvalue weighted by molar-refractivity contribution is -0.0796. The highest BCUT2D eigenvalue weighted by Gasteiger charge is 2.22. The van der Waals surface area contributed by atoms with Gasteiger partial charge in [0.05, 0.1) is 13.2 Å². The topological polar surface area (TPSA) is 38.7 Å². The quantitative estimate of drug-likeness (QED) is 0.906. The fraction of sp³-hybridized carbons (Fsp3) is 0.625. The molecule has 1 aromatic rings. The Labute approximate surface area is 114 Å². The van der Waals surface area contributed by atoms with Gasteiger partial charge in [-0.2, -0.15) is 0 Å². The van der Waals surface area contributed by atoms with Crippen molar-refractivity contribution in [1.82, 2.24) is 0 Å². The molecule has 1 saturated heterocycles. The molecule has 3 rings (SSSR count). The first kappa shape index (κ1) is 12.9. The smallest absolute Gasteiger partial charge is 0.145 e. The Morgan fingerprint density at radius 2 is 1.74 bits per heavy atom. The Bertz CT molecular complexity index is 389. The van der Waals surface area contributed by atoms with Gasteiger partial charge in [0.1, 0.15) is 11.9 Å². The molecule has 3 heteroatoms. The lowest BCUT2D eigenvalue weighted by atomic mass is 9.79. The van der Waals surface area contributed by atoms with Crippen molar-refractivity contribution in [1.29, 1.82) is 0 Å². The zero-order valence-corrected chi connectivity index (χ0v) is 11.3. The van der Waals surface area contributed by atoms with Crippen molar-refractivity contribution in [3.8, 4) is 5.75 Å². The van der Waals surface area contributed by atoms with E-state index < -0.39 is 0 Å². The number of ether oxygens (including phenoxy) is 2. The minimum Gasteiger partial charge on any atom is -0.486 e. The number of aliphatic hydroxyl groups is 1. The van der Waals surface area contributed by atoms with Gasteiger partial charge in [0.2, 0.25) is 0 Å². The van der Waals surface area contributed by atoms with Gasteiger partial charge in [-0.3, -0.25) is 0 Å². The Morgan fingerprint density at radius 1 is 1.05 bits per heavy atom. The molecule has 104 valence electrons. The lowest BCUT2D eigenvalue weighted by Gasteiger charge is -2.28. The Hall–Kier alpha value is -1.06. The molecule has 1 aliphatic heterocycles. The van der Waals surface area contributed by atoms with Gasteiger partial charge in [0.25, 0.3) is 0 Å². The third-order valence-electron chi connectivity index (χ3n) is 4.37. The molecule has 0 unspecified atom stereocenters. The zero-order chi connectivity index (χ0) is 13.1. The molecule has 1 heterocycles. The van der Waals surface area contributed by atoms with Gasteiger partial charge < -0.3 is 14.6 Å². The minimum absolute atomic E-state index is 0.242. The van der Waals surface area contributed by atoms with Crippen LogP contribution in [0.3, 0.4) is 0 Å². The Kier molecular flexibility index (Phi) is 4.04. The van der Waals surface area contributed by atoms with Crippen molar-refractivity contribution in [3.63, 3.8) is 0 Å². The molecule has 0 bridgehead atoms. The number of benzene rings is 1. The van der Waals surface area contributed by atoms with Gasteiger partial charge in [-0.25, -0.2) is 0 Å². The molecule has 19 heavy (non-hydrogen) atoms. The molecular weight excluding hydrogens is 240 g/mol. The van der Waals surface area contributed by atoms with Crippen LogP contribution in [0.4, 0.5) is 0 Å². The molecular formula is C16H22O3. The molecule has 0 atom stereocenters. The van der Waals surface area contributed by atoms with E-state index in [1.165, 1.54) is 18.4 Å². The van der Waals surface area contributed by atoms with Gasteiger partial charge in [-0.1, -0.05) is 12.1 Å². The maximum Gasteiger partial charge on any atom is 0.145 e. The van der Waals surface area contributed by atoms with Crippen LogP contribution in [0.2, 0.25) is 0 Å². The van der Waals surface area contributed by atoms with E-state index in [0.29, 0.717) is 31.7 Å². The molecule has 1 N–H and O–H groups in total. The summed E-state index contributed by atoms with van der Waals surface area (Å²) in [5.74, 6) is 2.13. The molecule has 1 aliphatic carbocycles. The fourth-order valence-electron chi connectivity index (χ4n) is 2.97.